The van der Waals surface area contributed by atoms with E-state index in [1.807, 2.05) is 0 Å². The molecule has 2 atom stereocenters. The standard InChI is InChI=1S/C12H16FNO3/c1-3-8(12(15)16)11(14)9-6-7(13)4-5-10(9)17-2/h4-6,8,11H,3,14H2,1-2H3,(H,15,16). The molecule has 17 heavy (non-hydrogen) atoms. The number of aliphatic carboxylic acids is 1. The number of benzene rings is 1. The van der Waals surface area contributed by atoms with Crippen LogP contribution < -0.4 is 10.5 Å². The summed E-state index contributed by atoms with van der Waals surface area (Å²) in [5, 5.41) is 9.02. The van der Waals surface area contributed by atoms with Gasteiger partial charge in [0.25, 0.3) is 0 Å². The van der Waals surface area contributed by atoms with Crippen molar-refractivity contribution in [2.24, 2.45) is 11.7 Å². The summed E-state index contributed by atoms with van der Waals surface area (Å²) in [5.74, 6) is -1.81. The van der Waals surface area contributed by atoms with Crippen LogP contribution in [0.3, 0.4) is 0 Å². The molecule has 0 aliphatic rings. The van der Waals surface area contributed by atoms with Crippen molar-refractivity contribution in [3.8, 4) is 5.75 Å². The number of hydrogen-bond donors (Lipinski definition) is 2. The van der Waals surface area contributed by atoms with E-state index in [2.05, 4.69) is 0 Å². The maximum atomic E-state index is 13.2. The van der Waals surface area contributed by atoms with Crippen LogP contribution >= 0.6 is 0 Å². The Bertz CT molecular complexity index is 409. The van der Waals surface area contributed by atoms with Crippen molar-refractivity contribution < 1.29 is 19.0 Å². The molecule has 3 N–H and O–H groups in total. The third kappa shape index (κ3) is 2.94. The molecule has 0 spiro atoms. The molecule has 5 heteroatoms. The smallest absolute Gasteiger partial charge is 0.308 e. The lowest BCUT2D eigenvalue weighted by Crippen LogP contribution is -2.28. The Balaban J connectivity index is 3.13. The SMILES string of the molecule is CCC(C(=O)O)C(N)c1cc(F)ccc1OC. The van der Waals surface area contributed by atoms with Crippen molar-refractivity contribution in [3.05, 3.63) is 29.6 Å². The topological polar surface area (TPSA) is 72.5 Å². The first kappa shape index (κ1) is 13.4. The van der Waals surface area contributed by atoms with Gasteiger partial charge in [-0.3, -0.25) is 4.79 Å². The fraction of sp³-hybridized carbons (Fsp3) is 0.417. The first-order chi connectivity index (χ1) is 8.01. The summed E-state index contributed by atoms with van der Waals surface area (Å²) in [6, 6.07) is 3.12. The third-order valence-corrected chi connectivity index (χ3v) is 2.74. The maximum absolute atomic E-state index is 13.2. The first-order valence-electron chi connectivity index (χ1n) is 5.33. The molecule has 0 bridgehead atoms. The lowest BCUT2D eigenvalue weighted by Gasteiger charge is -2.21. The molecule has 0 saturated heterocycles. The lowest BCUT2D eigenvalue weighted by atomic mass is 9.91. The summed E-state index contributed by atoms with van der Waals surface area (Å²) in [6.07, 6.45) is 0.371. The normalized spacial score (nSPS) is 14.1. The van der Waals surface area contributed by atoms with Crippen LogP contribution in [0.15, 0.2) is 18.2 Å². The van der Waals surface area contributed by atoms with Gasteiger partial charge in [-0.2, -0.15) is 0 Å². The highest BCUT2D eigenvalue weighted by Crippen LogP contribution is 2.30. The number of halogens is 1. The molecule has 0 aliphatic carbocycles. The molecule has 0 saturated carbocycles. The minimum atomic E-state index is -0.994. The van der Waals surface area contributed by atoms with Gasteiger partial charge in [0, 0.05) is 11.6 Å². The minimum Gasteiger partial charge on any atom is -0.496 e. The van der Waals surface area contributed by atoms with E-state index < -0.39 is 23.7 Å². The molecule has 0 fully saturated rings. The summed E-state index contributed by atoms with van der Waals surface area (Å²) >= 11 is 0. The fourth-order valence-electron chi connectivity index (χ4n) is 1.76. The Kier molecular flexibility index (Phi) is 4.45. The van der Waals surface area contributed by atoms with Crippen LogP contribution in [0.4, 0.5) is 4.39 Å². The average molecular weight is 241 g/mol. The van der Waals surface area contributed by atoms with Crippen LogP contribution in [0, 0.1) is 11.7 Å². The summed E-state index contributed by atoms with van der Waals surface area (Å²) < 4.78 is 18.2. The molecule has 0 aliphatic heterocycles. The molecule has 1 rings (SSSR count). The number of rotatable bonds is 5. The van der Waals surface area contributed by atoms with E-state index in [0.29, 0.717) is 17.7 Å². The molecular weight excluding hydrogens is 225 g/mol. The summed E-state index contributed by atoms with van der Waals surface area (Å²) in [6.45, 7) is 1.73. The van der Waals surface area contributed by atoms with Crippen molar-refractivity contribution in [2.45, 2.75) is 19.4 Å². The first-order valence-corrected chi connectivity index (χ1v) is 5.33. The van der Waals surface area contributed by atoms with E-state index in [1.54, 1.807) is 6.92 Å². The number of carboxylic acids is 1. The van der Waals surface area contributed by atoms with Crippen LogP contribution in [0.2, 0.25) is 0 Å². The molecule has 0 heterocycles. The second-order valence-corrected chi connectivity index (χ2v) is 3.77. The number of carbonyl (C=O) groups is 1. The fourth-order valence-corrected chi connectivity index (χ4v) is 1.76. The van der Waals surface area contributed by atoms with E-state index in [1.165, 1.54) is 25.3 Å². The van der Waals surface area contributed by atoms with Gasteiger partial charge in [-0.25, -0.2) is 4.39 Å². The quantitative estimate of drug-likeness (QED) is 0.826. The number of nitrogens with two attached hydrogens (primary N) is 1. The molecule has 2 unspecified atom stereocenters. The predicted molar refractivity (Wildman–Crippen MR) is 61.3 cm³/mol. The highest BCUT2D eigenvalue weighted by Gasteiger charge is 2.27. The summed E-state index contributed by atoms with van der Waals surface area (Å²) in [4.78, 5) is 11.0. The molecule has 1 aromatic rings. The van der Waals surface area contributed by atoms with Crippen molar-refractivity contribution in [1.82, 2.24) is 0 Å². The van der Waals surface area contributed by atoms with Gasteiger partial charge in [-0.15, -0.1) is 0 Å². The predicted octanol–water partition coefficient (Wildman–Crippen LogP) is 1.94. The van der Waals surface area contributed by atoms with Crippen LogP contribution in [0.5, 0.6) is 5.75 Å². The van der Waals surface area contributed by atoms with Gasteiger partial charge < -0.3 is 15.6 Å². The zero-order valence-corrected chi connectivity index (χ0v) is 9.81. The van der Waals surface area contributed by atoms with Gasteiger partial charge in [-0.1, -0.05) is 6.92 Å². The lowest BCUT2D eigenvalue weighted by molar-refractivity contribution is -0.142. The van der Waals surface area contributed by atoms with Crippen LogP contribution in [-0.2, 0) is 4.79 Å². The Hall–Kier alpha value is -1.62. The summed E-state index contributed by atoms with van der Waals surface area (Å²) in [5.41, 5.74) is 6.25. The second kappa shape index (κ2) is 5.63. The van der Waals surface area contributed by atoms with Gasteiger partial charge in [0.15, 0.2) is 0 Å². The van der Waals surface area contributed by atoms with E-state index in [-0.39, 0.29) is 0 Å². The van der Waals surface area contributed by atoms with Gasteiger partial charge >= 0.3 is 5.97 Å². The highest BCUT2D eigenvalue weighted by molar-refractivity contribution is 5.71. The van der Waals surface area contributed by atoms with Gasteiger partial charge in [-0.05, 0) is 24.6 Å². The third-order valence-electron chi connectivity index (χ3n) is 2.74. The zero-order valence-electron chi connectivity index (χ0n) is 9.81. The van der Waals surface area contributed by atoms with E-state index in [4.69, 9.17) is 15.6 Å². The van der Waals surface area contributed by atoms with E-state index >= 15 is 0 Å². The zero-order chi connectivity index (χ0) is 13.0. The van der Waals surface area contributed by atoms with Crippen molar-refractivity contribution in [3.63, 3.8) is 0 Å². The van der Waals surface area contributed by atoms with Gasteiger partial charge in [0.05, 0.1) is 13.0 Å². The number of carboxylic acid groups (broad SMARTS) is 1. The number of methoxy groups -OCH3 is 1. The number of ether oxygens (including phenoxy) is 1. The second-order valence-electron chi connectivity index (χ2n) is 3.77. The average Bonchev–Trinajstić information content (AvgIpc) is 2.29. The van der Waals surface area contributed by atoms with E-state index in [9.17, 15) is 9.18 Å². The number of hydrogen-bond acceptors (Lipinski definition) is 3. The van der Waals surface area contributed by atoms with Crippen molar-refractivity contribution >= 4 is 5.97 Å². The van der Waals surface area contributed by atoms with Gasteiger partial charge in [0.1, 0.15) is 11.6 Å². The Morgan fingerprint density at radius 1 is 1.59 bits per heavy atom. The minimum absolute atomic E-state index is 0.371. The van der Waals surface area contributed by atoms with Gasteiger partial charge in [0.2, 0.25) is 0 Å². The molecule has 94 valence electrons. The molecule has 0 amide bonds. The largest absolute Gasteiger partial charge is 0.496 e. The van der Waals surface area contributed by atoms with Crippen LogP contribution in [0.25, 0.3) is 0 Å². The van der Waals surface area contributed by atoms with Crippen molar-refractivity contribution in [1.29, 1.82) is 0 Å². The Labute approximate surface area is 99.2 Å². The molecule has 4 nitrogen and oxygen atoms in total. The maximum Gasteiger partial charge on any atom is 0.308 e. The monoisotopic (exact) mass is 241 g/mol. The highest BCUT2D eigenvalue weighted by atomic mass is 19.1. The van der Waals surface area contributed by atoms with Crippen LogP contribution in [-0.4, -0.2) is 18.2 Å². The molecular formula is C12H16FNO3. The Morgan fingerprint density at radius 3 is 2.71 bits per heavy atom. The molecule has 0 aromatic heterocycles. The molecule has 1 aromatic carbocycles. The Morgan fingerprint density at radius 2 is 2.24 bits per heavy atom. The van der Waals surface area contributed by atoms with Crippen molar-refractivity contribution in [2.75, 3.05) is 7.11 Å². The van der Waals surface area contributed by atoms with E-state index in [0.717, 1.165) is 0 Å². The van der Waals surface area contributed by atoms with Crippen LogP contribution in [0.1, 0.15) is 24.9 Å². The molecule has 0 radical (unpaired) electrons. The summed E-state index contributed by atoms with van der Waals surface area (Å²) in [7, 11) is 1.44.